The van der Waals surface area contributed by atoms with E-state index in [1.807, 2.05) is 0 Å². The van der Waals surface area contributed by atoms with Gasteiger partial charge in [0.25, 0.3) is 0 Å². The van der Waals surface area contributed by atoms with Crippen molar-refractivity contribution in [2.45, 2.75) is 0 Å². The van der Waals surface area contributed by atoms with Gasteiger partial charge in [0.2, 0.25) is 0 Å². The van der Waals surface area contributed by atoms with Crippen LogP contribution in [-0.4, -0.2) is 23.0 Å². The van der Waals surface area contributed by atoms with Crippen molar-refractivity contribution < 1.29 is 21.1 Å². The molecule has 0 aliphatic heterocycles. The predicted molar refractivity (Wildman–Crippen MR) is 48.9 cm³/mol. The van der Waals surface area contributed by atoms with E-state index in [0.29, 0.717) is 0 Å². The summed E-state index contributed by atoms with van der Waals surface area (Å²) in [6, 6.07) is 0. The third-order valence-corrected chi connectivity index (χ3v) is 1.50. The summed E-state index contributed by atoms with van der Waals surface area (Å²) in [4.78, 5) is 0. The van der Waals surface area contributed by atoms with Gasteiger partial charge in [-0.15, -0.1) is 0 Å². The van der Waals surface area contributed by atoms with Gasteiger partial charge < -0.3 is 50.5 Å². The van der Waals surface area contributed by atoms with Crippen LogP contribution < -0.4 is 0 Å². The van der Waals surface area contributed by atoms with E-state index >= 15 is 0 Å². The molecular weight excluding hydrogens is 371 g/mol. The van der Waals surface area contributed by atoms with Crippen molar-refractivity contribution in [3.05, 3.63) is 0 Å². The first-order chi connectivity index (χ1) is 3.83. The first kappa shape index (κ1) is 17.2. The first-order valence-electron chi connectivity index (χ1n) is 2.15. The van der Waals surface area contributed by atoms with Crippen molar-refractivity contribution in [3.8, 4) is 0 Å². The average molecular weight is 379 g/mol. The predicted octanol–water partition coefficient (Wildman–Crippen LogP) is 0.158. The first-order valence-corrected chi connectivity index (χ1v) is 4.46. The van der Waals surface area contributed by atoms with Gasteiger partial charge in [0.15, 0.2) is 0 Å². The molecule has 0 radical (unpaired) electrons. The Morgan fingerprint density at radius 3 is 0.667 bits per heavy atom. The Kier molecular flexibility index (Phi) is 43.1. The Hall–Kier alpha value is 2.09. The van der Waals surface area contributed by atoms with Crippen molar-refractivity contribution in [1.29, 1.82) is 0 Å². The molecule has 0 unspecified atom stereocenters. The Balaban J connectivity index is -0.0000000720. The van der Waals surface area contributed by atoms with Crippen molar-refractivity contribution in [2.75, 3.05) is 23.0 Å². The van der Waals surface area contributed by atoms with E-state index in [4.69, 9.17) is 0 Å². The minimum Gasteiger partial charge on any atom is -0.794 e. The average Bonchev–Trinajstić information content (AvgIpc) is 1.88. The van der Waals surface area contributed by atoms with Gasteiger partial charge in [-0.3, -0.25) is 0 Å². The van der Waals surface area contributed by atoms with Crippen LogP contribution in [0.5, 0.6) is 0 Å². The summed E-state index contributed by atoms with van der Waals surface area (Å²) in [5.41, 5.74) is 0. The van der Waals surface area contributed by atoms with Crippen molar-refractivity contribution in [2.24, 2.45) is 0 Å². The van der Waals surface area contributed by atoms with Gasteiger partial charge in [0.1, 0.15) is 0 Å². The number of hydrogen-bond acceptors (Lipinski definition) is 4. The second kappa shape index (κ2) is 22.5. The van der Waals surface area contributed by atoms with Crippen LogP contribution in [0, 0.1) is 0 Å². The fraction of sp³-hybridized carbons (Fsp3) is 1.00. The molecule has 9 heavy (non-hydrogen) atoms. The zero-order valence-corrected chi connectivity index (χ0v) is 10.3. The maximum Gasteiger partial charge on any atom is 4.00 e. The van der Waals surface area contributed by atoms with E-state index in [9.17, 15) is 0 Å². The second-order valence-corrected chi connectivity index (χ2v) is 2.45. The van der Waals surface area contributed by atoms with Gasteiger partial charge in [-0.2, -0.15) is 23.0 Å². The van der Waals surface area contributed by atoms with E-state index < -0.39 is 0 Å². The molecule has 0 saturated heterocycles. The quantitative estimate of drug-likeness (QED) is 0.627. The summed E-state index contributed by atoms with van der Waals surface area (Å²) < 4.78 is 0. The Morgan fingerprint density at radius 1 is 0.556 bits per heavy atom. The molecule has 0 rings (SSSR count). The van der Waals surface area contributed by atoms with Gasteiger partial charge in [0, 0.05) is 0 Å². The summed E-state index contributed by atoms with van der Waals surface area (Å²) >= 11 is 17.8. The van der Waals surface area contributed by atoms with E-state index in [0.717, 1.165) is 23.0 Å². The fourth-order valence-electron chi connectivity index (χ4n) is 0. The zero-order valence-electron chi connectivity index (χ0n) is 4.78. The minimum absolute atomic E-state index is 0. The number of rotatable bonds is 2. The molecule has 0 atom stereocenters. The molecule has 0 amide bonds. The molecule has 0 aliphatic rings. The van der Waals surface area contributed by atoms with Crippen LogP contribution in [0.3, 0.4) is 0 Å². The summed E-state index contributed by atoms with van der Waals surface area (Å²) in [5.74, 6) is 2.87. The van der Waals surface area contributed by atoms with Crippen molar-refractivity contribution in [3.63, 3.8) is 0 Å². The maximum absolute atomic E-state index is 4.45. The molecule has 0 nitrogen and oxygen atoms in total. The van der Waals surface area contributed by atoms with E-state index in [1.54, 1.807) is 0 Å². The largest absolute Gasteiger partial charge is 4.00 e. The van der Waals surface area contributed by atoms with E-state index in [-0.39, 0.29) is 21.1 Å². The molecule has 0 aromatic rings. The third-order valence-electron chi connectivity index (χ3n) is 0.167. The number of hydrogen-bond donors (Lipinski definition) is 0. The normalized spacial score (nSPS) is 6.67. The maximum atomic E-state index is 4.45. The van der Waals surface area contributed by atoms with Crippen molar-refractivity contribution >= 4 is 50.5 Å². The third kappa shape index (κ3) is 39.5. The summed E-state index contributed by atoms with van der Waals surface area (Å²) in [7, 11) is 0. The Bertz CT molecular complexity index is 20.5. The molecule has 0 spiro atoms. The van der Waals surface area contributed by atoms with Crippen molar-refractivity contribution in [1.82, 2.24) is 0 Å². The molecule has 0 aliphatic carbocycles. The van der Waals surface area contributed by atoms with Crippen LogP contribution in [0.4, 0.5) is 0 Å². The van der Waals surface area contributed by atoms with Gasteiger partial charge in [-0.05, 0) is 0 Å². The van der Waals surface area contributed by atoms with Gasteiger partial charge in [-0.1, -0.05) is 0 Å². The van der Waals surface area contributed by atoms with E-state index in [1.165, 1.54) is 0 Å². The minimum atomic E-state index is 0. The summed E-state index contributed by atoms with van der Waals surface area (Å²) in [5, 5.41) is 0. The van der Waals surface area contributed by atoms with Crippen LogP contribution in [0.15, 0.2) is 0 Å². The molecule has 5 heteroatoms. The molecule has 0 heterocycles. The molecule has 0 aromatic heterocycles. The Morgan fingerprint density at radius 2 is 0.667 bits per heavy atom. The SMILES string of the molecule is [Pt+4].[S-]CC[S-].[S-]CC[S-]. The molecule has 0 aromatic carbocycles. The molecular formula is C4H8PtS4. The molecule has 58 valence electrons. The van der Waals surface area contributed by atoms with Gasteiger partial charge >= 0.3 is 21.1 Å². The summed E-state index contributed by atoms with van der Waals surface area (Å²) in [6.07, 6.45) is 0. The van der Waals surface area contributed by atoms with Gasteiger partial charge in [0.05, 0.1) is 0 Å². The standard InChI is InChI=1S/2C2H6S2.Pt/c2*3-1-2-4;/h2*3-4H,1-2H2;/q;;+4/p-4. The monoisotopic (exact) mass is 379 g/mol. The molecule has 0 fully saturated rings. The van der Waals surface area contributed by atoms with Crippen LogP contribution in [0.25, 0.3) is 0 Å². The fourth-order valence-corrected chi connectivity index (χ4v) is 0. The Labute approximate surface area is 93.8 Å². The topological polar surface area (TPSA) is 0 Å². The van der Waals surface area contributed by atoms with Gasteiger partial charge in [-0.25, -0.2) is 0 Å². The molecule has 0 bridgehead atoms. The second-order valence-electron chi connectivity index (χ2n) is 0.816. The molecule has 0 saturated carbocycles. The summed E-state index contributed by atoms with van der Waals surface area (Å²) in [6.45, 7) is 0. The van der Waals surface area contributed by atoms with Crippen LogP contribution >= 0.6 is 0 Å². The van der Waals surface area contributed by atoms with Crippen LogP contribution in [0.1, 0.15) is 0 Å². The van der Waals surface area contributed by atoms with Crippen LogP contribution in [0.2, 0.25) is 0 Å². The van der Waals surface area contributed by atoms with E-state index in [2.05, 4.69) is 50.5 Å². The van der Waals surface area contributed by atoms with Crippen LogP contribution in [-0.2, 0) is 71.6 Å². The molecule has 0 N–H and O–H groups in total. The zero-order chi connectivity index (χ0) is 6.83. The smallest absolute Gasteiger partial charge is 0.794 e.